The van der Waals surface area contributed by atoms with Gasteiger partial charge >= 0.3 is 0 Å². The van der Waals surface area contributed by atoms with Crippen LogP contribution in [0.1, 0.15) is 75.6 Å². The molecular weight excluding hydrogens is 615 g/mol. The van der Waals surface area contributed by atoms with E-state index in [9.17, 15) is 8.78 Å². The first kappa shape index (κ1) is 30.9. The molecule has 0 heterocycles. The zero-order valence-corrected chi connectivity index (χ0v) is 29.1. The molecule has 0 nitrogen and oxygen atoms in total. The second-order valence-electron chi connectivity index (χ2n) is 14.3. The van der Waals surface area contributed by atoms with Crippen molar-refractivity contribution in [1.29, 1.82) is 0 Å². The maximum Gasteiger partial charge on any atom is 0.123 e. The zero-order valence-electron chi connectivity index (χ0n) is 29.1. The van der Waals surface area contributed by atoms with Crippen LogP contribution in [0.25, 0.3) is 66.1 Å². The van der Waals surface area contributed by atoms with Gasteiger partial charge in [-0.05, 0) is 163 Å². The van der Waals surface area contributed by atoms with E-state index < -0.39 is 0 Å². The maximum absolute atomic E-state index is 14.4. The summed E-state index contributed by atoms with van der Waals surface area (Å²) >= 11 is 0. The van der Waals surface area contributed by atoms with E-state index in [1.54, 1.807) is 24.3 Å². The van der Waals surface area contributed by atoms with Crippen LogP contribution in [0, 0.1) is 11.6 Å². The van der Waals surface area contributed by atoms with Crippen molar-refractivity contribution in [1.82, 2.24) is 0 Å². The lowest BCUT2D eigenvalue weighted by molar-refractivity contribution is 0.485. The molecule has 0 saturated heterocycles. The molecule has 246 valence electrons. The third kappa shape index (κ3) is 4.02. The van der Waals surface area contributed by atoms with E-state index in [0.717, 1.165) is 69.5 Å². The Morgan fingerprint density at radius 1 is 0.380 bits per heavy atom. The van der Waals surface area contributed by atoms with E-state index in [0.29, 0.717) is 0 Å². The fourth-order valence-corrected chi connectivity index (χ4v) is 9.98. The average Bonchev–Trinajstić information content (AvgIpc) is 3.59. The maximum atomic E-state index is 14.4. The number of benzene rings is 7. The molecule has 9 rings (SSSR count). The second-order valence-corrected chi connectivity index (χ2v) is 14.3. The van der Waals surface area contributed by atoms with Gasteiger partial charge < -0.3 is 0 Å². The number of halogens is 2. The highest BCUT2D eigenvalue weighted by molar-refractivity contribution is 6.22. The van der Waals surface area contributed by atoms with Gasteiger partial charge in [-0.25, -0.2) is 8.78 Å². The fourth-order valence-electron chi connectivity index (χ4n) is 9.98. The zero-order chi connectivity index (χ0) is 34.4. The van der Waals surface area contributed by atoms with Gasteiger partial charge in [0.2, 0.25) is 0 Å². The minimum Gasteiger partial charge on any atom is -0.207 e. The Kier molecular flexibility index (Phi) is 6.94. The van der Waals surface area contributed by atoms with Crippen LogP contribution in [-0.4, -0.2) is 0 Å². The molecule has 2 heteroatoms. The molecule has 2 aliphatic rings. The van der Waals surface area contributed by atoms with E-state index in [1.165, 1.54) is 44.5 Å². The summed E-state index contributed by atoms with van der Waals surface area (Å²) in [4.78, 5) is 0. The van der Waals surface area contributed by atoms with Gasteiger partial charge in [0.15, 0.2) is 0 Å². The lowest BCUT2D eigenvalue weighted by Crippen LogP contribution is -2.24. The van der Waals surface area contributed by atoms with Crippen LogP contribution in [0.3, 0.4) is 0 Å². The van der Waals surface area contributed by atoms with Gasteiger partial charge in [0, 0.05) is 10.8 Å². The standard InChI is InChI=1S/C48H40F2/c1-5-47(6-2)41-16-12-11-13-33(41)37-26-43-38(27-42(37)47)36-25-39-40(28-44(36)48(43,7-3)8-4)46(30-19-23-32(50)24-20-30)35-15-10-9-14-34(35)45(39)29-17-21-31(49)22-18-29/h9-28H,5-8H2,1-4H3. The van der Waals surface area contributed by atoms with E-state index in [-0.39, 0.29) is 22.5 Å². The molecule has 0 bridgehead atoms. The molecule has 0 atom stereocenters. The minimum atomic E-state index is -0.249. The van der Waals surface area contributed by atoms with Gasteiger partial charge in [-0.15, -0.1) is 0 Å². The Morgan fingerprint density at radius 2 is 0.780 bits per heavy atom. The highest BCUT2D eigenvalue weighted by atomic mass is 19.1. The summed E-state index contributed by atoms with van der Waals surface area (Å²) in [7, 11) is 0. The summed E-state index contributed by atoms with van der Waals surface area (Å²) in [6.07, 6.45) is 4.05. The molecule has 0 spiro atoms. The van der Waals surface area contributed by atoms with Crippen molar-refractivity contribution in [3.63, 3.8) is 0 Å². The van der Waals surface area contributed by atoms with Crippen molar-refractivity contribution < 1.29 is 8.78 Å². The van der Waals surface area contributed by atoms with Crippen LogP contribution in [-0.2, 0) is 10.8 Å². The number of rotatable bonds is 6. The second kappa shape index (κ2) is 11.2. The summed E-state index contributed by atoms with van der Waals surface area (Å²) in [5.41, 5.74) is 15.1. The van der Waals surface area contributed by atoms with E-state index in [2.05, 4.69) is 100 Å². The molecule has 0 amide bonds. The Balaban J connectivity index is 1.44. The van der Waals surface area contributed by atoms with Crippen LogP contribution in [0.4, 0.5) is 8.78 Å². The lowest BCUT2D eigenvalue weighted by atomic mass is 9.71. The summed E-state index contributed by atoms with van der Waals surface area (Å²) in [6, 6.07) is 41.4. The molecular formula is C48H40F2. The summed E-state index contributed by atoms with van der Waals surface area (Å²) in [5.74, 6) is -0.497. The monoisotopic (exact) mass is 654 g/mol. The summed E-state index contributed by atoms with van der Waals surface area (Å²) < 4.78 is 28.7. The topological polar surface area (TPSA) is 0 Å². The number of hydrogen-bond donors (Lipinski definition) is 0. The Bertz CT molecular complexity index is 2480. The lowest BCUT2D eigenvalue weighted by Gasteiger charge is -2.32. The molecule has 7 aromatic rings. The Morgan fingerprint density at radius 3 is 1.30 bits per heavy atom. The van der Waals surface area contributed by atoms with Gasteiger partial charge in [0.25, 0.3) is 0 Å². The SMILES string of the molecule is CCC1(CC)c2ccccc2-c2cc3c(cc21)-c1cc2c(-c4ccc(F)cc4)c4ccccc4c(-c4ccc(F)cc4)c2cc1C3(CC)CC. The smallest absolute Gasteiger partial charge is 0.123 e. The highest BCUT2D eigenvalue weighted by Gasteiger charge is 2.46. The molecule has 0 aromatic heterocycles. The molecule has 0 fully saturated rings. The highest BCUT2D eigenvalue weighted by Crippen LogP contribution is 2.60. The molecule has 7 aromatic carbocycles. The van der Waals surface area contributed by atoms with Crippen LogP contribution in [0.2, 0.25) is 0 Å². The molecule has 50 heavy (non-hydrogen) atoms. The third-order valence-electron chi connectivity index (χ3n) is 12.6. The average molecular weight is 655 g/mol. The van der Waals surface area contributed by atoms with E-state index in [1.807, 2.05) is 24.3 Å². The molecule has 0 unspecified atom stereocenters. The first-order valence-electron chi connectivity index (χ1n) is 18.2. The van der Waals surface area contributed by atoms with E-state index in [4.69, 9.17) is 0 Å². The van der Waals surface area contributed by atoms with Crippen molar-refractivity contribution in [3.8, 4) is 44.5 Å². The van der Waals surface area contributed by atoms with Crippen molar-refractivity contribution in [2.75, 3.05) is 0 Å². The fraction of sp³-hybridized carbons (Fsp3) is 0.208. The predicted octanol–water partition coefficient (Wildman–Crippen LogP) is 13.8. The quantitative estimate of drug-likeness (QED) is 0.157. The van der Waals surface area contributed by atoms with Crippen molar-refractivity contribution >= 4 is 21.5 Å². The van der Waals surface area contributed by atoms with Crippen LogP contribution in [0.5, 0.6) is 0 Å². The van der Waals surface area contributed by atoms with Gasteiger partial charge in [0.05, 0.1) is 0 Å². The minimum absolute atomic E-state index is 0.0210. The van der Waals surface area contributed by atoms with Crippen molar-refractivity contribution in [2.24, 2.45) is 0 Å². The van der Waals surface area contributed by atoms with Crippen LogP contribution >= 0.6 is 0 Å². The number of fused-ring (bicyclic) bond motifs is 8. The molecule has 0 N–H and O–H groups in total. The van der Waals surface area contributed by atoms with Crippen LogP contribution in [0.15, 0.2) is 121 Å². The van der Waals surface area contributed by atoms with Crippen molar-refractivity contribution in [3.05, 3.63) is 155 Å². The van der Waals surface area contributed by atoms with E-state index >= 15 is 0 Å². The number of hydrogen-bond acceptors (Lipinski definition) is 0. The van der Waals surface area contributed by atoms with Crippen LogP contribution < -0.4 is 0 Å². The Labute approximate surface area is 293 Å². The summed E-state index contributed by atoms with van der Waals surface area (Å²) in [6.45, 7) is 9.34. The third-order valence-corrected chi connectivity index (χ3v) is 12.6. The normalized spacial score (nSPS) is 14.8. The van der Waals surface area contributed by atoms with Gasteiger partial charge in [0.1, 0.15) is 11.6 Å². The molecule has 0 aliphatic heterocycles. The molecule has 0 radical (unpaired) electrons. The molecule has 2 aliphatic carbocycles. The first-order chi connectivity index (χ1) is 24.4. The van der Waals surface area contributed by atoms with Gasteiger partial charge in [-0.3, -0.25) is 0 Å². The Hall–Kier alpha value is -5.08. The molecule has 0 saturated carbocycles. The summed E-state index contributed by atoms with van der Waals surface area (Å²) in [5, 5.41) is 4.47. The predicted molar refractivity (Wildman–Crippen MR) is 206 cm³/mol. The largest absolute Gasteiger partial charge is 0.207 e. The first-order valence-corrected chi connectivity index (χ1v) is 18.2. The van der Waals surface area contributed by atoms with Gasteiger partial charge in [-0.2, -0.15) is 0 Å². The van der Waals surface area contributed by atoms with Crippen molar-refractivity contribution in [2.45, 2.75) is 64.2 Å². The van der Waals surface area contributed by atoms with Gasteiger partial charge in [-0.1, -0.05) is 100 Å².